The fourth-order valence-electron chi connectivity index (χ4n) is 2.60. The van der Waals surface area contributed by atoms with Crippen molar-refractivity contribution < 1.29 is 10.1 Å². The van der Waals surface area contributed by atoms with E-state index in [-0.39, 0.29) is 18.5 Å². The van der Waals surface area contributed by atoms with Crippen LogP contribution >= 0.6 is 11.3 Å². The number of benzene rings is 1. The van der Waals surface area contributed by atoms with Crippen molar-refractivity contribution in [3.8, 4) is 12.3 Å². The Morgan fingerprint density at radius 2 is 2.00 bits per heavy atom. The maximum atomic E-state index is 11.9. The van der Waals surface area contributed by atoms with Gasteiger partial charge in [0.2, 0.25) is 0 Å². The number of carbonyl (C=O) groups is 1. The topological polar surface area (TPSA) is 45.7 Å². The van der Waals surface area contributed by atoms with E-state index in [2.05, 4.69) is 66.1 Å². The summed E-state index contributed by atoms with van der Waals surface area (Å²) in [4.78, 5) is 13.1. The summed E-state index contributed by atoms with van der Waals surface area (Å²) in [7, 11) is 0. The maximum Gasteiger partial charge on any atom is 0.275 e. The molecule has 0 saturated carbocycles. The molecule has 1 aromatic heterocycles. The third-order valence-corrected chi connectivity index (χ3v) is 5.21. The number of nitrogens with one attached hydrogen (secondary N) is 1. The summed E-state index contributed by atoms with van der Waals surface area (Å²) in [5.41, 5.74) is 2.58. The van der Waals surface area contributed by atoms with Crippen LogP contribution in [-0.2, 0) is 4.79 Å². The van der Waals surface area contributed by atoms with Crippen LogP contribution in [-0.4, -0.2) is 19.0 Å². The first-order valence-corrected chi connectivity index (χ1v) is 9.20. The molecule has 0 aliphatic carbocycles. The van der Waals surface area contributed by atoms with Crippen molar-refractivity contribution in [2.45, 2.75) is 32.2 Å². The number of nitrogens with two attached hydrogens (primary N) is 1. The fraction of sp³-hybridized carbons (Fsp3) is 0.350. The summed E-state index contributed by atoms with van der Waals surface area (Å²) >= 11 is 1.72. The molecule has 3 nitrogen and oxygen atoms in total. The van der Waals surface area contributed by atoms with Gasteiger partial charge in [0, 0.05) is 5.56 Å². The van der Waals surface area contributed by atoms with Gasteiger partial charge < -0.3 is 10.6 Å². The summed E-state index contributed by atoms with van der Waals surface area (Å²) in [5.74, 6) is 2.95. The van der Waals surface area contributed by atoms with Gasteiger partial charge in [-0.25, -0.2) is 0 Å². The zero-order chi connectivity index (χ0) is 17.4. The van der Waals surface area contributed by atoms with Crippen molar-refractivity contribution in [1.82, 2.24) is 5.32 Å². The quantitative estimate of drug-likeness (QED) is 0.713. The Labute approximate surface area is 148 Å². The van der Waals surface area contributed by atoms with Crippen LogP contribution in [0.1, 0.15) is 48.2 Å². The molecule has 3 N–H and O–H groups in total. The number of amides is 1. The first-order chi connectivity index (χ1) is 11.7. The molecule has 0 unspecified atom stereocenters. The molecule has 1 aromatic carbocycles. The zero-order valence-electron chi connectivity index (χ0n) is 14.3. The van der Waals surface area contributed by atoms with Gasteiger partial charge in [-0.2, -0.15) is 0 Å². The molecule has 0 spiro atoms. The van der Waals surface area contributed by atoms with Crippen molar-refractivity contribution in [3.05, 3.63) is 57.8 Å². The Kier molecular flexibility index (Phi) is 7.05. The van der Waals surface area contributed by atoms with Crippen molar-refractivity contribution in [2.24, 2.45) is 0 Å². The Morgan fingerprint density at radius 3 is 2.58 bits per heavy atom. The van der Waals surface area contributed by atoms with E-state index in [1.165, 1.54) is 16.0 Å². The van der Waals surface area contributed by atoms with Gasteiger partial charge in [0.05, 0.1) is 11.4 Å². The number of hydrogen-bond donors (Lipinski definition) is 2. The van der Waals surface area contributed by atoms with Crippen LogP contribution in [0.25, 0.3) is 0 Å². The van der Waals surface area contributed by atoms with Crippen molar-refractivity contribution in [2.75, 3.05) is 13.1 Å². The molecule has 0 aliphatic rings. The van der Waals surface area contributed by atoms with Crippen LogP contribution in [0.5, 0.6) is 0 Å². The van der Waals surface area contributed by atoms with Gasteiger partial charge in [-0.1, -0.05) is 50.1 Å². The number of carbonyl (C=O) groups excluding carboxylic acids is 1. The predicted octanol–water partition coefficient (Wildman–Crippen LogP) is 2.66. The lowest BCUT2D eigenvalue weighted by molar-refractivity contribution is -0.676. The zero-order valence-corrected chi connectivity index (χ0v) is 15.1. The van der Waals surface area contributed by atoms with Crippen LogP contribution in [0.3, 0.4) is 0 Å². The fourth-order valence-corrected chi connectivity index (χ4v) is 3.45. The lowest BCUT2D eigenvalue weighted by Gasteiger charge is -2.16. The molecule has 0 bridgehead atoms. The summed E-state index contributed by atoms with van der Waals surface area (Å²) in [5, 5.41) is 6.85. The minimum absolute atomic E-state index is 0.0364. The van der Waals surface area contributed by atoms with Crippen LogP contribution < -0.4 is 10.6 Å². The average Bonchev–Trinajstić information content (AvgIpc) is 3.14. The van der Waals surface area contributed by atoms with E-state index in [1.54, 1.807) is 11.3 Å². The Morgan fingerprint density at radius 1 is 1.29 bits per heavy atom. The van der Waals surface area contributed by atoms with Crippen LogP contribution in [0.4, 0.5) is 0 Å². The number of hydrogen-bond acceptors (Lipinski definition) is 2. The summed E-state index contributed by atoms with van der Waals surface area (Å²) in [6, 6.07) is 13.1. The van der Waals surface area contributed by atoms with E-state index in [0.717, 1.165) is 6.42 Å². The predicted molar refractivity (Wildman–Crippen MR) is 99.9 cm³/mol. The molecule has 2 atom stereocenters. The van der Waals surface area contributed by atoms with E-state index >= 15 is 0 Å². The van der Waals surface area contributed by atoms with Gasteiger partial charge >= 0.3 is 0 Å². The summed E-state index contributed by atoms with van der Waals surface area (Å²) in [6.45, 7) is 5.08. The summed E-state index contributed by atoms with van der Waals surface area (Å²) in [6.07, 6.45) is 6.31. The minimum Gasteiger partial charge on any atom is -0.340 e. The molecule has 0 saturated heterocycles. The van der Waals surface area contributed by atoms with E-state index in [4.69, 9.17) is 6.42 Å². The third kappa shape index (κ3) is 4.95. The maximum absolute atomic E-state index is 11.9. The average molecular weight is 342 g/mol. The van der Waals surface area contributed by atoms with E-state index in [1.807, 2.05) is 6.07 Å². The number of rotatable bonds is 8. The molecule has 0 fully saturated rings. The highest BCUT2D eigenvalue weighted by Crippen LogP contribution is 2.25. The van der Waals surface area contributed by atoms with E-state index in [9.17, 15) is 4.79 Å². The Bertz CT molecular complexity index is 671. The van der Waals surface area contributed by atoms with Crippen molar-refractivity contribution in [3.63, 3.8) is 0 Å². The number of terminal acetylenes is 1. The lowest BCUT2D eigenvalue weighted by atomic mass is 9.95. The minimum atomic E-state index is -0.0364. The number of thiophene rings is 1. The highest BCUT2D eigenvalue weighted by Gasteiger charge is 2.20. The third-order valence-electron chi connectivity index (χ3n) is 4.25. The molecule has 0 aliphatic heterocycles. The molecule has 4 heteroatoms. The first kappa shape index (κ1) is 18.3. The van der Waals surface area contributed by atoms with Gasteiger partial charge in [0.1, 0.15) is 6.04 Å². The second-order valence-corrected chi connectivity index (χ2v) is 6.87. The first-order valence-electron chi connectivity index (χ1n) is 8.32. The van der Waals surface area contributed by atoms with Crippen LogP contribution in [0.2, 0.25) is 0 Å². The summed E-state index contributed by atoms with van der Waals surface area (Å²) < 4.78 is 0. The molecule has 126 valence electrons. The molecule has 2 rings (SSSR count). The van der Waals surface area contributed by atoms with Gasteiger partial charge in [-0.3, -0.25) is 4.79 Å². The highest BCUT2D eigenvalue weighted by atomic mass is 32.1. The monoisotopic (exact) mass is 341 g/mol. The molecule has 1 amide bonds. The molecule has 24 heavy (non-hydrogen) atoms. The molecule has 0 radical (unpaired) electrons. The SMILES string of the molecule is C#CCNC(=O)C[NH2+][C@H](c1ccc([C@H](C)CC)cc1)c1cccs1. The van der Waals surface area contributed by atoms with Crippen LogP contribution in [0, 0.1) is 12.3 Å². The van der Waals surface area contributed by atoms with Gasteiger partial charge in [-0.15, -0.1) is 17.8 Å². The second-order valence-electron chi connectivity index (χ2n) is 5.89. The van der Waals surface area contributed by atoms with Gasteiger partial charge in [0.25, 0.3) is 5.91 Å². The Hall–Kier alpha value is -2.09. The highest BCUT2D eigenvalue weighted by molar-refractivity contribution is 7.10. The van der Waals surface area contributed by atoms with Crippen molar-refractivity contribution >= 4 is 17.2 Å². The second kappa shape index (κ2) is 9.27. The van der Waals surface area contributed by atoms with Crippen LogP contribution in [0.15, 0.2) is 41.8 Å². The smallest absolute Gasteiger partial charge is 0.275 e. The molecule has 1 heterocycles. The van der Waals surface area contributed by atoms with Crippen molar-refractivity contribution in [1.29, 1.82) is 0 Å². The molecular weight excluding hydrogens is 316 g/mol. The molecule has 2 aromatic rings. The van der Waals surface area contributed by atoms with E-state index < -0.39 is 0 Å². The van der Waals surface area contributed by atoms with Gasteiger partial charge in [-0.05, 0) is 29.3 Å². The number of quaternary nitrogens is 1. The lowest BCUT2D eigenvalue weighted by Crippen LogP contribution is -2.87. The largest absolute Gasteiger partial charge is 0.340 e. The standard InChI is InChI=1S/C20H24N2OS/c1-4-12-21-19(23)14-22-20(18-7-6-13-24-18)17-10-8-16(9-11-17)15(3)5-2/h1,6-11,13,15,20,22H,5,12,14H2,2-3H3,(H,21,23)/p+1/t15-,20-/m1/s1. The molecular formula is C20H25N2OS+. The van der Waals surface area contributed by atoms with E-state index in [0.29, 0.717) is 12.5 Å². The Balaban J connectivity index is 2.12. The van der Waals surface area contributed by atoms with Gasteiger partial charge in [0.15, 0.2) is 6.54 Å². The normalized spacial score (nSPS) is 13.0.